The van der Waals surface area contributed by atoms with E-state index in [0.717, 1.165) is 11.5 Å². The monoisotopic (exact) mass is 310 g/mol. The molecular formula is C22H27F. The Morgan fingerprint density at radius 2 is 1.43 bits per heavy atom. The van der Waals surface area contributed by atoms with Gasteiger partial charge in [-0.05, 0) is 60.1 Å². The Morgan fingerprint density at radius 1 is 0.826 bits per heavy atom. The summed E-state index contributed by atoms with van der Waals surface area (Å²) in [5.41, 5.74) is 3.50. The SMILES string of the molecule is CC(C)(C)C1CCC(c2ccc(-c3ccccc3F)cc2)CC1. The van der Waals surface area contributed by atoms with Gasteiger partial charge in [-0.1, -0.05) is 63.2 Å². The van der Waals surface area contributed by atoms with E-state index in [-0.39, 0.29) is 5.82 Å². The van der Waals surface area contributed by atoms with E-state index < -0.39 is 0 Å². The average molecular weight is 310 g/mol. The highest BCUT2D eigenvalue weighted by atomic mass is 19.1. The van der Waals surface area contributed by atoms with Crippen LogP contribution in [-0.2, 0) is 0 Å². The summed E-state index contributed by atoms with van der Waals surface area (Å²) in [7, 11) is 0. The molecular weight excluding hydrogens is 283 g/mol. The maximum absolute atomic E-state index is 13.9. The fourth-order valence-corrected chi connectivity index (χ4v) is 3.92. The zero-order valence-electron chi connectivity index (χ0n) is 14.5. The van der Waals surface area contributed by atoms with Crippen LogP contribution in [0.5, 0.6) is 0 Å². The lowest BCUT2D eigenvalue weighted by atomic mass is 9.68. The zero-order valence-corrected chi connectivity index (χ0v) is 14.5. The summed E-state index contributed by atoms with van der Waals surface area (Å²) in [6, 6.07) is 15.5. The van der Waals surface area contributed by atoms with Gasteiger partial charge in [0, 0.05) is 5.56 Å². The summed E-state index contributed by atoms with van der Waals surface area (Å²) in [5, 5.41) is 0. The molecule has 0 atom stereocenters. The van der Waals surface area contributed by atoms with Gasteiger partial charge < -0.3 is 0 Å². The molecule has 2 aromatic carbocycles. The second kappa shape index (κ2) is 6.47. The van der Waals surface area contributed by atoms with Gasteiger partial charge in [-0.2, -0.15) is 0 Å². The van der Waals surface area contributed by atoms with Crippen molar-refractivity contribution >= 4 is 0 Å². The minimum absolute atomic E-state index is 0.147. The zero-order chi connectivity index (χ0) is 16.4. The van der Waals surface area contributed by atoms with E-state index in [1.54, 1.807) is 6.07 Å². The van der Waals surface area contributed by atoms with Crippen LogP contribution in [0.1, 0.15) is 57.9 Å². The van der Waals surface area contributed by atoms with Crippen molar-refractivity contribution in [2.75, 3.05) is 0 Å². The number of rotatable bonds is 2. The molecule has 23 heavy (non-hydrogen) atoms. The Kier molecular flexibility index (Phi) is 4.57. The maximum Gasteiger partial charge on any atom is 0.131 e. The van der Waals surface area contributed by atoms with Gasteiger partial charge in [0.2, 0.25) is 0 Å². The average Bonchev–Trinajstić information content (AvgIpc) is 2.55. The van der Waals surface area contributed by atoms with Crippen molar-refractivity contribution in [2.45, 2.75) is 52.4 Å². The molecule has 0 nitrogen and oxygen atoms in total. The lowest BCUT2D eigenvalue weighted by Crippen LogP contribution is -2.25. The summed E-state index contributed by atoms with van der Waals surface area (Å²) in [6.45, 7) is 7.09. The second-order valence-corrected chi connectivity index (χ2v) is 8.02. The smallest absolute Gasteiger partial charge is 0.131 e. The van der Waals surface area contributed by atoms with Gasteiger partial charge >= 0.3 is 0 Å². The molecule has 1 saturated carbocycles. The van der Waals surface area contributed by atoms with E-state index in [4.69, 9.17) is 0 Å². The maximum atomic E-state index is 13.9. The molecule has 0 unspecified atom stereocenters. The largest absolute Gasteiger partial charge is 0.206 e. The van der Waals surface area contributed by atoms with Crippen LogP contribution in [0.15, 0.2) is 48.5 Å². The van der Waals surface area contributed by atoms with Crippen LogP contribution in [0.2, 0.25) is 0 Å². The first-order valence-electron chi connectivity index (χ1n) is 8.80. The molecule has 2 aromatic rings. The molecule has 1 aliphatic rings. The third-order valence-corrected chi connectivity index (χ3v) is 5.52. The fourth-order valence-electron chi connectivity index (χ4n) is 3.92. The molecule has 1 heteroatoms. The summed E-state index contributed by atoms with van der Waals surface area (Å²) >= 11 is 0. The van der Waals surface area contributed by atoms with Crippen LogP contribution in [0.25, 0.3) is 11.1 Å². The Morgan fingerprint density at radius 3 is 2.00 bits per heavy atom. The first-order valence-corrected chi connectivity index (χ1v) is 8.80. The van der Waals surface area contributed by atoms with Gasteiger partial charge in [0.15, 0.2) is 0 Å². The topological polar surface area (TPSA) is 0 Å². The molecule has 3 rings (SSSR count). The minimum Gasteiger partial charge on any atom is -0.206 e. The summed E-state index contributed by atoms with van der Waals surface area (Å²) < 4.78 is 13.9. The summed E-state index contributed by atoms with van der Waals surface area (Å²) in [4.78, 5) is 0. The third kappa shape index (κ3) is 3.65. The quantitative estimate of drug-likeness (QED) is 0.571. The number of halogens is 1. The normalized spacial score (nSPS) is 22.1. The van der Waals surface area contributed by atoms with E-state index in [9.17, 15) is 4.39 Å². The highest BCUT2D eigenvalue weighted by molar-refractivity contribution is 5.64. The number of hydrogen-bond acceptors (Lipinski definition) is 0. The molecule has 0 N–H and O–H groups in total. The van der Waals surface area contributed by atoms with Crippen LogP contribution < -0.4 is 0 Å². The molecule has 1 fully saturated rings. The van der Waals surface area contributed by atoms with Crippen molar-refractivity contribution in [3.05, 3.63) is 59.9 Å². The molecule has 0 amide bonds. The Labute approximate surface area is 139 Å². The molecule has 0 aliphatic heterocycles. The van der Waals surface area contributed by atoms with E-state index in [1.165, 1.54) is 37.3 Å². The van der Waals surface area contributed by atoms with Crippen LogP contribution in [0, 0.1) is 17.2 Å². The Hall–Kier alpha value is -1.63. The van der Waals surface area contributed by atoms with Gasteiger partial charge in [-0.25, -0.2) is 4.39 Å². The number of benzene rings is 2. The molecule has 0 heterocycles. The van der Waals surface area contributed by atoms with Gasteiger partial charge in [-0.15, -0.1) is 0 Å². The molecule has 0 saturated heterocycles. The van der Waals surface area contributed by atoms with Crippen LogP contribution in [-0.4, -0.2) is 0 Å². The van der Waals surface area contributed by atoms with E-state index in [0.29, 0.717) is 16.9 Å². The van der Waals surface area contributed by atoms with Crippen molar-refractivity contribution in [3.8, 4) is 11.1 Å². The van der Waals surface area contributed by atoms with Crippen molar-refractivity contribution in [2.24, 2.45) is 11.3 Å². The minimum atomic E-state index is -0.147. The Bertz CT molecular complexity index is 640. The molecule has 0 radical (unpaired) electrons. The third-order valence-electron chi connectivity index (χ3n) is 5.52. The van der Waals surface area contributed by atoms with E-state index in [1.807, 2.05) is 12.1 Å². The van der Waals surface area contributed by atoms with Crippen molar-refractivity contribution < 1.29 is 4.39 Å². The first-order chi connectivity index (χ1) is 10.9. The fraction of sp³-hybridized carbons (Fsp3) is 0.455. The predicted molar refractivity (Wildman–Crippen MR) is 96.0 cm³/mol. The highest BCUT2D eigenvalue weighted by Crippen LogP contribution is 2.43. The van der Waals surface area contributed by atoms with Crippen molar-refractivity contribution in [1.82, 2.24) is 0 Å². The van der Waals surface area contributed by atoms with Gasteiger partial charge in [-0.3, -0.25) is 0 Å². The van der Waals surface area contributed by atoms with Gasteiger partial charge in [0.25, 0.3) is 0 Å². The molecule has 0 aromatic heterocycles. The predicted octanol–water partition coefficient (Wildman–Crippen LogP) is 6.81. The van der Waals surface area contributed by atoms with E-state index in [2.05, 4.69) is 45.0 Å². The molecule has 1 aliphatic carbocycles. The molecule has 0 spiro atoms. The van der Waals surface area contributed by atoms with Crippen LogP contribution in [0.3, 0.4) is 0 Å². The lowest BCUT2D eigenvalue weighted by Gasteiger charge is -2.37. The standard InChI is InChI=1S/C22H27F/c1-22(2,3)19-14-12-17(13-15-19)16-8-10-18(11-9-16)20-6-4-5-7-21(20)23/h4-11,17,19H,12-15H2,1-3H3. The number of hydrogen-bond donors (Lipinski definition) is 0. The lowest BCUT2D eigenvalue weighted by molar-refractivity contribution is 0.169. The van der Waals surface area contributed by atoms with Gasteiger partial charge in [0.05, 0.1) is 0 Å². The van der Waals surface area contributed by atoms with Gasteiger partial charge in [0.1, 0.15) is 5.82 Å². The summed E-state index contributed by atoms with van der Waals surface area (Å²) in [5.74, 6) is 1.37. The Balaban J connectivity index is 1.70. The highest BCUT2D eigenvalue weighted by Gasteiger charge is 2.30. The molecule has 122 valence electrons. The molecule has 0 bridgehead atoms. The first kappa shape index (κ1) is 16.2. The van der Waals surface area contributed by atoms with Crippen LogP contribution in [0.4, 0.5) is 4.39 Å². The van der Waals surface area contributed by atoms with Crippen molar-refractivity contribution in [1.29, 1.82) is 0 Å². The van der Waals surface area contributed by atoms with Crippen molar-refractivity contribution in [3.63, 3.8) is 0 Å². The van der Waals surface area contributed by atoms with E-state index >= 15 is 0 Å². The van der Waals surface area contributed by atoms with Crippen LogP contribution >= 0.6 is 0 Å². The second-order valence-electron chi connectivity index (χ2n) is 8.02. The summed E-state index contributed by atoms with van der Waals surface area (Å²) in [6.07, 6.45) is 5.20.